The molecule has 4 aromatic rings. The van der Waals surface area contributed by atoms with E-state index < -0.39 is 0 Å². The summed E-state index contributed by atoms with van der Waals surface area (Å²) in [5, 5.41) is 13.8. The molecule has 2 heterocycles. The Morgan fingerprint density at radius 1 is 1.04 bits per heavy atom. The Balaban J connectivity index is 1.38. The number of para-hydroxylation sites is 1. The Morgan fingerprint density at radius 3 is 2.54 bits per heavy atom. The van der Waals surface area contributed by atoms with E-state index in [1.165, 1.54) is 16.4 Å². The number of carbonyl (C=O) groups excluding carboxylic acids is 1. The molecule has 1 amide bonds. The zero-order chi connectivity index (χ0) is 19.3. The molecule has 0 saturated heterocycles. The van der Waals surface area contributed by atoms with Gasteiger partial charge >= 0.3 is 0 Å². The van der Waals surface area contributed by atoms with E-state index in [9.17, 15) is 4.79 Å². The summed E-state index contributed by atoms with van der Waals surface area (Å²) in [6, 6.07) is 20.8. The minimum Gasteiger partial charge on any atom is -0.335 e. The Labute approximate surface area is 170 Å². The van der Waals surface area contributed by atoms with Gasteiger partial charge in [0.1, 0.15) is 0 Å². The number of nitrogen functional groups attached to an aromatic ring is 1. The van der Waals surface area contributed by atoms with Crippen LogP contribution in [-0.4, -0.2) is 20.8 Å². The molecular formula is C20H17N5OS2. The van der Waals surface area contributed by atoms with Crippen molar-refractivity contribution in [2.45, 2.75) is 10.9 Å². The lowest BCUT2D eigenvalue weighted by Crippen LogP contribution is -2.11. The second kappa shape index (κ2) is 8.28. The molecule has 6 nitrogen and oxygen atoms in total. The number of nitrogens with two attached hydrogens (primary N) is 1. The Bertz CT molecular complexity index is 1060. The van der Waals surface area contributed by atoms with Gasteiger partial charge in [-0.2, -0.15) is 0 Å². The van der Waals surface area contributed by atoms with Crippen molar-refractivity contribution < 1.29 is 4.79 Å². The van der Waals surface area contributed by atoms with E-state index in [0.29, 0.717) is 22.3 Å². The van der Waals surface area contributed by atoms with Crippen LogP contribution in [0.5, 0.6) is 0 Å². The highest BCUT2D eigenvalue weighted by Gasteiger charge is 2.13. The van der Waals surface area contributed by atoms with Crippen molar-refractivity contribution in [1.82, 2.24) is 14.9 Å². The number of carbonyl (C=O) groups is 1. The third-order valence-corrected chi connectivity index (χ3v) is 5.90. The molecule has 0 aliphatic rings. The number of aromatic nitrogens is 3. The van der Waals surface area contributed by atoms with E-state index in [4.69, 9.17) is 5.84 Å². The van der Waals surface area contributed by atoms with Crippen LogP contribution in [0, 0.1) is 0 Å². The molecule has 0 atom stereocenters. The van der Waals surface area contributed by atoms with Crippen LogP contribution >= 0.6 is 23.1 Å². The quantitative estimate of drug-likeness (QED) is 0.368. The van der Waals surface area contributed by atoms with Gasteiger partial charge in [0.15, 0.2) is 5.82 Å². The Morgan fingerprint density at radius 2 is 1.82 bits per heavy atom. The number of amides is 1. The first kappa shape index (κ1) is 18.3. The van der Waals surface area contributed by atoms with Crippen molar-refractivity contribution in [1.29, 1.82) is 0 Å². The minimum atomic E-state index is -0.132. The average Bonchev–Trinajstić information content (AvgIpc) is 3.37. The second-order valence-electron chi connectivity index (χ2n) is 5.96. The number of hydrogen-bond donors (Lipinski definition) is 2. The van der Waals surface area contributed by atoms with Crippen molar-refractivity contribution in [3.8, 4) is 10.7 Å². The van der Waals surface area contributed by atoms with Gasteiger partial charge in [0, 0.05) is 17.0 Å². The van der Waals surface area contributed by atoms with E-state index in [2.05, 4.69) is 15.5 Å². The van der Waals surface area contributed by atoms with Crippen LogP contribution < -0.4 is 11.2 Å². The lowest BCUT2D eigenvalue weighted by Gasteiger charge is -2.06. The van der Waals surface area contributed by atoms with Gasteiger partial charge in [0.05, 0.1) is 4.88 Å². The van der Waals surface area contributed by atoms with Crippen LogP contribution in [0.2, 0.25) is 0 Å². The summed E-state index contributed by atoms with van der Waals surface area (Å²) in [7, 11) is 0. The highest BCUT2D eigenvalue weighted by atomic mass is 32.2. The summed E-state index contributed by atoms with van der Waals surface area (Å²) in [4.78, 5) is 13.3. The normalized spacial score (nSPS) is 10.7. The van der Waals surface area contributed by atoms with Gasteiger partial charge in [-0.3, -0.25) is 4.79 Å². The van der Waals surface area contributed by atoms with E-state index in [0.717, 1.165) is 16.1 Å². The van der Waals surface area contributed by atoms with Gasteiger partial charge in [0.2, 0.25) is 5.16 Å². The van der Waals surface area contributed by atoms with Gasteiger partial charge < -0.3 is 11.2 Å². The lowest BCUT2D eigenvalue weighted by atomic mass is 10.1. The molecule has 28 heavy (non-hydrogen) atoms. The summed E-state index contributed by atoms with van der Waals surface area (Å²) in [6.07, 6.45) is 0. The molecule has 0 spiro atoms. The van der Waals surface area contributed by atoms with Crippen molar-refractivity contribution in [2.75, 3.05) is 11.2 Å². The van der Waals surface area contributed by atoms with Gasteiger partial charge in [-0.25, -0.2) is 4.68 Å². The first-order valence-electron chi connectivity index (χ1n) is 8.53. The third-order valence-electron chi connectivity index (χ3n) is 4.02. The van der Waals surface area contributed by atoms with Gasteiger partial charge in [0.25, 0.3) is 5.91 Å². The monoisotopic (exact) mass is 407 g/mol. The molecule has 0 saturated carbocycles. The number of rotatable bonds is 6. The predicted molar refractivity (Wildman–Crippen MR) is 114 cm³/mol. The molecule has 0 aliphatic carbocycles. The molecule has 0 unspecified atom stereocenters. The summed E-state index contributed by atoms with van der Waals surface area (Å²) in [6.45, 7) is 0. The molecule has 0 fully saturated rings. The van der Waals surface area contributed by atoms with E-state index >= 15 is 0 Å². The summed E-state index contributed by atoms with van der Waals surface area (Å²) in [5.41, 5.74) is 2.46. The van der Waals surface area contributed by atoms with Crippen molar-refractivity contribution in [3.05, 3.63) is 83.2 Å². The number of thioether (sulfide) groups is 1. The molecule has 8 heteroatoms. The van der Waals surface area contributed by atoms with Crippen molar-refractivity contribution >= 4 is 34.7 Å². The summed E-state index contributed by atoms with van der Waals surface area (Å²) >= 11 is 3.08. The number of benzene rings is 2. The maximum atomic E-state index is 12.3. The largest absolute Gasteiger partial charge is 0.335 e. The van der Waals surface area contributed by atoms with Gasteiger partial charge in [-0.15, -0.1) is 21.5 Å². The summed E-state index contributed by atoms with van der Waals surface area (Å²) < 4.78 is 1.51. The molecule has 3 N–H and O–H groups in total. The molecular weight excluding hydrogens is 390 g/mol. The zero-order valence-corrected chi connectivity index (χ0v) is 16.4. The average molecular weight is 408 g/mol. The fraction of sp³-hybridized carbons (Fsp3) is 0.0500. The molecule has 0 radical (unpaired) electrons. The first-order chi connectivity index (χ1) is 13.7. The number of nitrogens with zero attached hydrogens (tertiary/aromatic N) is 3. The number of hydrogen-bond acceptors (Lipinski definition) is 6. The molecule has 2 aromatic carbocycles. The van der Waals surface area contributed by atoms with Gasteiger partial charge in [-0.1, -0.05) is 48.2 Å². The van der Waals surface area contributed by atoms with E-state index in [1.807, 2.05) is 72.1 Å². The number of anilines is 1. The standard InChI is InChI=1S/C20H17N5OS2/c21-25-18(17-7-4-12-27-17)23-24-20(25)28-13-14-8-10-15(11-9-14)19(26)22-16-5-2-1-3-6-16/h1-12H,13,21H2,(H,22,26). The first-order valence-corrected chi connectivity index (χ1v) is 10.4. The molecule has 140 valence electrons. The molecule has 4 rings (SSSR count). The highest BCUT2D eigenvalue weighted by Crippen LogP contribution is 2.26. The van der Waals surface area contributed by atoms with E-state index in [-0.39, 0.29) is 5.91 Å². The second-order valence-corrected chi connectivity index (χ2v) is 7.85. The SMILES string of the molecule is Nn1c(SCc2ccc(C(=O)Nc3ccccc3)cc2)nnc1-c1cccs1. The van der Waals surface area contributed by atoms with Crippen LogP contribution in [0.3, 0.4) is 0 Å². The lowest BCUT2D eigenvalue weighted by molar-refractivity contribution is 0.102. The molecule has 0 aliphatic heterocycles. The smallest absolute Gasteiger partial charge is 0.255 e. The fourth-order valence-corrected chi connectivity index (χ4v) is 4.09. The van der Waals surface area contributed by atoms with Crippen molar-refractivity contribution in [2.24, 2.45) is 0 Å². The van der Waals surface area contributed by atoms with Crippen molar-refractivity contribution in [3.63, 3.8) is 0 Å². The third kappa shape index (κ3) is 4.08. The number of thiophene rings is 1. The van der Waals surface area contributed by atoms with Crippen LogP contribution in [0.4, 0.5) is 5.69 Å². The number of nitrogens with one attached hydrogen (secondary N) is 1. The topological polar surface area (TPSA) is 85.8 Å². The minimum absolute atomic E-state index is 0.132. The predicted octanol–water partition coefficient (Wildman–Crippen LogP) is 4.27. The molecule has 2 aromatic heterocycles. The summed E-state index contributed by atoms with van der Waals surface area (Å²) in [5.74, 6) is 7.33. The maximum Gasteiger partial charge on any atom is 0.255 e. The Kier molecular flexibility index (Phi) is 5.41. The Hall–Kier alpha value is -3.10. The fourth-order valence-electron chi connectivity index (χ4n) is 2.57. The van der Waals surface area contributed by atoms with Crippen LogP contribution in [0.1, 0.15) is 15.9 Å². The maximum absolute atomic E-state index is 12.3. The van der Waals surface area contributed by atoms with Crippen LogP contribution in [-0.2, 0) is 5.75 Å². The highest BCUT2D eigenvalue weighted by molar-refractivity contribution is 7.98. The van der Waals surface area contributed by atoms with E-state index in [1.54, 1.807) is 11.3 Å². The van der Waals surface area contributed by atoms with Crippen LogP contribution in [0.25, 0.3) is 10.7 Å². The van der Waals surface area contributed by atoms with Gasteiger partial charge in [-0.05, 0) is 41.3 Å². The van der Waals surface area contributed by atoms with Crippen LogP contribution in [0.15, 0.2) is 77.3 Å². The molecule has 0 bridgehead atoms. The zero-order valence-electron chi connectivity index (χ0n) is 14.8.